The Kier molecular flexibility index (Phi) is 20.1. The van der Waals surface area contributed by atoms with E-state index in [2.05, 4.69) is 32.2 Å². The molecule has 0 nitrogen and oxygen atoms in total. The van der Waals surface area contributed by atoms with Gasteiger partial charge in [0.15, 0.2) is 0 Å². The van der Waals surface area contributed by atoms with Crippen molar-refractivity contribution in [2.75, 3.05) is 0 Å². The van der Waals surface area contributed by atoms with Gasteiger partial charge in [-0.2, -0.15) is 0 Å². The van der Waals surface area contributed by atoms with Crippen molar-refractivity contribution in [3.05, 3.63) is 25.3 Å². The first-order valence-corrected chi connectivity index (χ1v) is 13.0. The lowest BCUT2D eigenvalue weighted by Gasteiger charge is -2.09. The predicted octanol–water partition coefficient (Wildman–Crippen LogP) is 8.33. The van der Waals surface area contributed by atoms with Gasteiger partial charge in [0.25, 0.3) is 14.1 Å². The van der Waals surface area contributed by atoms with Crippen LogP contribution in [-0.2, 0) is 0 Å². The molecule has 0 saturated heterocycles. The zero-order valence-corrected chi connectivity index (χ0v) is 17.3. The number of rotatable bonds is 19. The van der Waals surface area contributed by atoms with Crippen LogP contribution in [0, 0.1) is 0 Å². The normalized spacial score (nSPS) is 10.7. The molecular weight excluding hydrogens is 291 g/mol. The van der Waals surface area contributed by atoms with Gasteiger partial charge in [-0.15, -0.1) is 13.2 Å². The first kappa shape index (κ1) is 23.0. The second kappa shape index (κ2) is 20.1. The molecular formula is C22H43Al. The molecule has 0 aliphatic rings. The Hall–Kier alpha value is 0.0125. The Morgan fingerprint density at radius 1 is 0.565 bits per heavy atom. The maximum atomic E-state index is 3.79. The molecule has 0 aliphatic heterocycles. The molecule has 0 aliphatic carbocycles. The lowest BCUT2D eigenvalue weighted by molar-refractivity contribution is 0.604. The number of hydrogen-bond donors (Lipinski definition) is 0. The summed E-state index contributed by atoms with van der Waals surface area (Å²) < 4.78 is 0. The molecule has 134 valence electrons. The molecule has 0 bridgehead atoms. The topological polar surface area (TPSA) is 0 Å². The highest BCUT2D eigenvalue weighted by atomic mass is 27.2. The largest absolute Gasteiger partial charge is 0.261 e. The summed E-state index contributed by atoms with van der Waals surface area (Å²) in [6.07, 6.45) is 23.9. The molecule has 0 N–H and O–H groups in total. The van der Waals surface area contributed by atoms with Gasteiger partial charge in [0, 0.05) is 0 Å². The highest BCUT2D eigenvalue weighted by Crippen LogP contribution is 2.17. The van der Waals surface area contributed by atoms with Gasteiger partial charge in [0.2, 0.25) is 0 Å². The van der Waals surface area contributed by atoms with Gasteiger partial charge in [-0.05, 0) is 25.7 Å². The molecule has 23 heavy (non-hydrogen) atoms. The van der Waals surface area contributed by atoms with Gasteiger partial charge in [-0.1, -0.05) is 99.1 Å². The smallest absolute Gasteiger partial charge is 0.103 e. The van der Waals surface area contributed by atoms with E-state index in [1.54, 1.807) is 10.6 Å². The summed E-state index contributed by atoms with van der Waals surface area (Å²) >= 11 is -0.379. The lowest BCUT2D eigenvalue weighted by Crippen LogP contribution is -2.10. The molecule has 0 saturated carbocycles. The Bertz CT molecular complexity index is 222. The van der Waals surface area contributed by atoms with Crippen LogP contribution in [0.3, 0.4) is 0 Å². The summed E-state index contributed by atoms with van der Waals surface area (Å²) in [5.74, 6) is 0. The van der Waals surface area contributed by atoms with E-state index in [0.29, 0.717) is 0 Å². The van der Waals surface area contributed by atoms with Crippen molar-refractivity contribution >= 4 is 14.1 Å². The van der Waals surface area contributed by atoms with E-state index in [-0.39, 0.29) is 14.1 Å². The van der Waals surface area contributed by atoms with Gasteiger partial charge >= 0.3 is 0 Å². The van der Waals surface area contributed by atoms with Crippen LogP contribution in [-0.4, -0.2) is 14.1 Å². The first-order valence-electron chi connectivity index (χ1n) is 10.6. The highest BCUT2D eigenvalue weighted by molar-refractivity contribution is 6.58. The summed E-state index contributed by atoms with van der Waals surface area (Å²) in [5.41, 5.74) is 0. The molecule has 0 amide bonds. The van der Waals surface area contributed by atoms with E-state index in [1.807, 2.05) is 0 Å². The molecule has 0 unspecified atom stereocenters. The molecule has 1 heteroatoms. The summed E-state index contributed by atoms with van der Waals surface area (Å²) in [4.78, 5) is 0. The fraction of sp³-hybridized carbons (Fsp3) is 0.818. The Morgan fingerprint density at radius 3 is 1.26 bits per heavy atom. The van der Waals surface area contributed by atoms with Crippen molar-refractivity contribution in [1.29, 1.82) is 0 Å². The standard InChI is InChI=1S/2C10H19.C2H5.Al/c2*1-3-5-7-9-10-8-6-4-2;1-2;/h2*3H,1-2,4-10H2;1H2,2H3;. The van der Waals surface area contributed by atoms with Crippen molar-refractivity contribution in [2.24, 2.45) is 0 Å². The molecule has 0 fully saturated rings. The van der Waals surface area contributed by atoms with Crippen LogP contribution < -0.4 is 0 Å². The van der Waals surface area contributed by atoms with E-state index in [9.17, 15) is 0 Å². The van der Waals surface area contributed by atoms with Gasteiger partial charge in [0.1, 0.15) is 0 Å². The van der Waals surface area contributed by atoms with Crippen LogP contribution in [0.2, 0.25) is 15.8 Å². The maximum absolute atomic E-state index is 3.79. The first-order chi connectivity index (χ1) is 11.3. The van der Waals surface area contributed by atoms with E-state index in [1.165, 1.54) is 95.2 Å². The summed E-state index contributed by atoms with van der Waals surface area (Å²) in [6, 6.07) is 0. The van der Waals surface area contributed by atoms with Gasteiger partial charge in [-0.3, -0.25) is 0 Å². The minimum atomic E-state index is -0.379. The average molecular weight is 335 g/mol. The van der Waals surface area contributed by atoms with Crippen LogP contribution in [0.5, 0.6) is 0 Å². The number of hydrogen-bond acceptors (Lipinski definition) is 0. The van der Waals surface area contributed by atoms with E-state index in [4.69, 9.17) is 0 Å². The van der Waals surface area contributed by atoms with Crippen LogP contribution in [0.15, 0.2) is 25.3 Å². The summed E-state index contributed by atoms with van der Waals surface area (Å²) in [7, 11) is 0. The zero-order chi connectivity index (χ0) is 17.0. The fourth-order valence-corrected chi connectivity index (χ4v) is 6.25. The van der Waals surface area contributed by atoms with Crippen molar-refractivity contribution in [2.45, 2.75) is 113 Å². The highest BCUT2D eigenvalue weighted by Gasteiger charge is 2.13. The van der Waals surface area contributed by atoms with E-state index < -0.39 is 0 Å². The quantitative estimate of drug-likeness (QED) is 0.126. The molecule has 0 radical (unpaired) electrons. The third-order valence-electron chi connectivity index (χ3n) is 5.12. The minimum Gasteiger partial charge on any atom is -0.103 e. The maximum Gasteiger partial charge on any atom is 0.261 e. The van der Waals surface area contributed by atoms with Crippen LogP contribution >= 0.6 is 0 Å². The Balaban J connectivity index is 3.31. The SMILES string of the molecule is C=CCCCCCCC[CH2][Al]([CH2]C)[CH2]CCCCCCCC=C. The third-order valence-corrected chi connectivity index (χ3v) is 8.72. The zero-order valence-electron chi connectivity index (χ0n) is 16.2. The van der Waals surface area contributed by atoms with Crippen molar-refractivity contribution < 1.29 is 0 Å². The Morgan fingerprint density at radius 2 is 0.913 bits per heavy atom. The number of allylic oxidation sites excluding steroid dienone is 2. The molecule has 0 aromatic rings. The predicted molar refractivity (Wildman–Crippen MR) is 111 cm³/mol. The Labute approximate surface area is 152 Å². The lowest BCUT2D eigenvalue weighted by atomic mass is 10.1. The van der Waals surface area contributed by atoms with Crippen molar-refractivity contribution in [3.63, 3.8) is 0 Å². The third kappa shape index (κ3) is 18.2. The molecule has 0 aromatic carbocycles. The monoisotopic (exact) mass is 334 g/mol. The fourth-order valence-electron chi connectivity index (χ4n) is 3.41. The average Bonchev–Trinajstić information content (AvgIpc) is 2.57. The molecule has 0 atom stereocenters. The summed E-state index contributed by atoms with van der Waals surface area (Å²) in [5, 5.41) is 4.75. The molecule has 0 rings (SSSR count). The van der Waals surface area contributed by atoms with Gasteiger partial charge < -0.3 is 0 Å². The van der Waals surface area contributed by atoms with E-state index >= 15 is 0 Å². The van der Waals surface area contributed by atoms with E-state index in [0.717, 1.165) is 0 Å². The number of unbranched alkanes of at least 4 members (excludes halogenated alkanes) is 12. The molecule has 0 heterocycles. The molecule has 0 spiro atoms. The summed E-state index contributed by atoms with van der Waals surface area (Å²) in [6.45, 7) is 10.0. The van der Waals surface area contributed by atoms with Crippen LogP contribution in [0.1, 0.15) is 96.8 Å². The van der Waals surface area contributed by atoms with Crippen LogP contribution in [0.4, 0.5) is 0 Å². The van der Waals surface area contributed by atoms with Crippen LogP contribution in [0.25, 0.3) is 0 Å². The second-order valence-corrected chi connectivity index (χ2v) is 11.0. The van der Waals surface area contributed by atoms with Crippen molar-refractivity contribution in [1.82, 2.24) is 0 Å². The van der Waals surface area contributed by atoms with Gasteiger partial charge in [0.05, 0.1) is 0 Å². The minimum absolute atomic E-state index is 0.379. The molecule has 0 aromatic heterocycles. The van der Waals surface area contributed by atoms with Gasteiger partial charge in [-0.25, -0.2) is 0 Å². The van der Waals surface area contributed by atoms with Crippen molar-refractivity contribution in [3.8, 4) is 0 Å². The second-order valence-electron chi connectivity index (χ2n) is 7.25.